The minimum absolute atomic E-state index is 0.0437. The largest absolute Gasteiger partial charge is 0.461 e. The van der Waals surface area contributed by atoms with Crippen molar-refractivity contribution in [2.24, 2.45) is 5.92 Å². The van der Waals surface area contributed by atoms with E-state index in [1.807, 2.05) is 0 Å². The Labute approximate surface area is 193 Å². The zero-order valence-corrected chi connectivity index (χ0v) is 21.7. The Bertz CT molecular complexity index is 552. The molecule has 0 bridgehead atoms. The van der Waals surface area contributed by atoms with Gasteiger partial charge in [-0.25, -0.2) is 0 Å². The number of hydrogen-bond donors (Lipinski definition) is 0. The van der Waals surface area contributed by atoms with E-state index < -0.39 is 0 Å². The molecule has 31 heavy (non-hydrogen) atoms. The predicted molar refractivity (Wildman–Crippen MR) is 130 cm³/mol. The van der Waals surface area contributed by atoms with Crippen LogP contribution in [0.3, 0.4) is 0 Å². The Balaban J connectivity index is 1.44. The van der Waals surface area contributed by atoms with Gasteiger partial charge in [0, 0.05) is 0 Å². The quantitative estimate of drug-likeness (QED) is 0.287. The Morgan fingerprint density at radius 3 is 1.68 bits per heavy atom. The third-order valence-electron chi connectivity index (χ3n) is 8.91. The van der Waals surface area contributed by atoms with E-state index >= 15 is 0 Å². The lowest BCUT2D eigenvalue weighted by molar-refractivity contribution is 0.00578. The van der Waals surface area contributed by atoms with E-state index in [9.17, 15) is 0 Å². The van der Waals surface area contributed by atoms with E-state index in [0.717, 1.165) is 12.2 Å². The summed E-state index contributed by atoms with van der Waals surface area (Å²) in [5, 5.41) is 0. The lowest BCUT2D eigenvalue weighted by Gasteiger charge is -2.32. The van der Waals surface area contributed by atoms with Gasteiger partial charge in [0.1, 0.15) is 0 Å². The van der Waals surface area contributed by atoms with Crippen LogP contribution in [-0.4, -0.2) is 36.6 Å². The normalized spacial score (nSPS) is 28.3. The fourth-order valence-electron chi connectivity index (χ4n) is 5.35. The van der Waals surface area contributed by atoms with Crippen LogP contribution in [0.15, 0.2) is 0 Å². The van der Waals surface area contributed by atoms with Gasteiger partial charge >= 0.3 is 14.2 Å². The molecule has 0 aromatic carbocycles. The molecule has 0 aromatic heterocycles. The maximum atomic E-state index is 6.51. The van der Waals surface area contributed by atoms with E-state index in [2.05, 4.69) is 55.4 Å². The summed E-state index contributed by atoms with van der Waals surface area (Å²) >= 11 is 0. The van der Waals surface area contributed by atoms with Crippen molar-refractivity contribution in [3.05, 3.63) is 0 Å². The minimum Gasteiger partial charge on any atom is -0.403 e. The molecule has 1 aliphatic carbocycles. The second-order valence-electron chi connectivity index (χ2n) is 12.4. The molecule has 0 radical (unpaired) electrons. The molecule has 0 spiro atoms. The summed E-state index contributed by atoms with van der Waals surface area (Å²) in [6.45, 7) is 17.3. The second-order valence-corrected chi connectivity index (χ2v) is 12.4. The molecule has 1 unspecified atom stereocenters. The van der Waals surface area contributed by atoms with Gasteiger partial charge in [0.05, 0.1) is 22.4 Å². The molecule has 4 nitrogen and oxygen atoms in total. The summed E-state index contributed by atoms with van der Waals surface area (Å²) in [6.07, 6.45) is 14.0. The minimum atomic E-state index is -0.229. The monoisotopic (exact) mass is 434 g/mol. The van der Waals surface area contributed by atoms with Gasteiger partial charge in [0.2, 0.25) is 0 Å². The van der Waals surface area contributed by atoms with Crippen molar-refractivity contribution in [2.75, 3.05) is 0 Å². The predicted octanol–water partition coefficient (Wildman–Crippen LogP) is 7.07. The van der Waals surface area contributed by atoms with Gasteiger partial charge in [-0.05, 0) is 73.4 Å². The summed E-state index contributed by atoms with van der Waals surface area (Å²) in [6, 6.07) is 0. The molecule has 2 aliphatic heterocycles. The Morgan fingerprint density at radius 1 is 0.645 bits per heavy atom. The van der Waals surface area contributed by atoms with Crippen molar-refractivity contribution < 1.29 is 18.6 Å². The van der Waals surface area contributed by atoms with Gasteiger partial charge in [-0.3, -0.25) is 0 Å². The zero-order chi connectivity index (χ0) is 22.9. The molecule has 0 aromatic rings. The molecule has 2 heterocycles. The van der Waals surface area contributed by atoms with Gasteiger partial charge in [-0.2, -0.15) is 0 Å². The van der Waals surface area contributed by atoms with E-state index in [1.54, 1.807) is 0 Å². The Hall–Kier alpha value is -0.0301. The number of unbranched alkanes of at least 4 members (excludes halogenated alkanes) is 3. The molecular weight excluding hydrogens is 386 g/mol. The molecular formula is C25H48B2O4. The van der Waals surface area contributed by atoms with Crippen LogP contribution in [0.5, 0.6) is 0 Å². The average Bonchev–Trinajstić information content (AvgIpc) is 3.00. The highest BCUT2D eigenvalue weighted by atomic mass is 16.7. The highest BCUT2D eigenvalue weighted by Crippen LogP contribution is 2.46. The molecule has 0 amide bonds. The molecule has 3 aliphatic rings. The number of rotatable bonds is 9. The Morgan fingerprint density at radius 2 is 1.13 bits per heavy atom. The average molecular weight is 434 g/mol. The van der Waals surface area contributed by atoms with E-state index in [0.29, 0.717) is 5.82 Å². The zero-order valence-electron chi connectivity index (χ0n) is 21.7. The van der Waals surface area contributed by atoms with Gasteiger partial charge in [-0.1, -0.05) is 64.2 Å². The van der Waals surface area contributed by atoms with Crippen LogP contribution in [0.2, 0.25) is 12.1 Å². The van der Waals surface area contributed by atoms with Crippen LogP contribution in [-0.2, 0) is 18.6 Å². The highest BCUT2D eigenvalue weighted by Gasteiger charge is 2.54. The van der Waals surface area contributed by atoms with Crippen LogP contribution < -0.4 is 0 Å². The van der Waals surface area contributed by atoms with Gasteiger partial charge in [-0.15, -0.1) is 0 Å². The maximum Gasteiger partial charge on any atom is 0.461 e. The van der Waals surface area contributed by atoms with E-state index in [1.165, 1.54) is 64.2 Å². The Kier molecular flexibility index (Phi) is 7.99. The van der Waals surface area contributed by atoms with Crippen LogP contribution in [0.25, 0.3) is 0 Å². The first-order chi connectivity index (χ1) is 14.3. The molecule has 6 heteroatoms. The van der Waals surface area contributed by atoms with Crippen molar-refractivity contribution in [2.45, 2.75) is 154 Å². The van der Waals surface area contributed by atoms with Crippen LogP contribution >= 0.6 is 0 Å². The molecule has 1 saturated carbocycles. The third kappa shape index (κ3) is 5.91. The van der Waals surface area contributed by atoms with Gasteiger partial charge in [0.15, 0.2) is 0 Å². The van der Waals surface area contributed by atoms with Crippen LogP contribution in [0, 0.1) is 5.92 Å². The van der Waals surface area contributed by atoms with Gasteiger partial charge in [0.25, 0.3) is 0 Å². The molecule has 0 N–H and O–H groups in total. The number of hydrogen-bond acceptors (Lipinski definition) is 4. The molecule has 3 rings (SSSR count). The summed E-state index contributed by atoms with van der Waals surface area (Å²) in [7, 11) is -0.0948. The summed E-state index contributed by atoms with van der Waals surface area (Å²) in [5.74, 6) is 1.29. The third-order valence-corrected chi connectivity index (χ3v) is 8.91. The fourth-order valence-corrected chi connectivity index (χ4v) is 5.35. The maximum absolute atomic E-state index is 6.51. The molecule has 2 saturated heterocycles. The van der Waals surface area contributed by atoms with Crippen molar-refractivity contribution in [1.82, 2.24) is 0 Å². The van der Waals surface area contributed by atoms with Crippen LogP contribution in [0.4, 0.5) is 0 Å². The van der Waals surface area contributed by atoms with Crippen molar-refractivity contribution in [3.63, 3.8) is 0 Å². The molecule has 1 atom stereocenters. The first kappa shape index (κ1) is 25.6. The summed E-state index contributed by atoms with van der Waals surface area (Å²) < 4.78 is 25.3. The van der Waals surface area contributed by atoms with Gasteiger partial charge < -0.3 is 18.6 Å². The topological polar surface area (TPSA) is 36.9 Å². The van der Waals surface area contributed by atoms with E-state index in [-0.39, 0.29) is 36.6 Å². The highest BCUT2D eigenvalue weighted by molar-refractivity contribution is 6.47. The standard InChI is InChI=1S/C25H48B2O4/c1-22(2)23(3,4)29-26(28-22)19-15-10-9-14-18-21(20-16-12-11-13-17-20)27-30-24(5,6)25(7,8)31-27/h20-21H,9-19H2,1-8H3. The van der Waals surface area contributed by atoms with E-state index in [4.69, 9.17) is 18.6 Å². The lowest BCUT2D eigenvalue weighted by atomic mass is 9.59. The smallest absolute Gasteiger partial charge is 0.403 e. The van der Waals surface area contributed by atoms with Crippen molar-refractivity contribution in [3.8, 4) is 0 Å². The first-order valence-corrected chi connectivity index (χ1v) is 13.1. The first-order valence-electron chi connectivity index (χ1n) is 13.1. The second kappa shape index (κ2) is 9.68. The SMILES string of the molecule is CC1(C)OB(CCCCCCC(B2OC(C)(C)C(C)(C)O2)C2CCCCC2)OC1(C)C. The fraction of sp³-hybridized carbons (Fsp3) is 1.00. The lowest BCUT2D eigenvalue weighted by Crippen LogP contribution is -2.41. The van der Waals surface area contributed by atoms with Crippen molar-refractivity contribution in [1.29, 1.82) is 0 Å². The van der Waals surface area contributed by atoms with Crippen LogP contribution in [0.1, 0.15) is 120 Å². The summed E-state index contributed by atoms with van der Waals surface area (Å²) in [4.78, 5) is 0. The molecule has 178 valence electrons. The van der Waals surface area contributed by atoms with Crippen molar-refractivity contribution >= 4 is 14.2 Å². The summed E-state index contributed by atoms with van der Waals surface area (Å²) in [5.41, 5.74) is -0.887. The molecule has 3 fully saturated rings.